The van der Waals surface area contributed by atoms with Crippen molar-refractivity contribution in [2.24, 2.45) is 0 Å². The summed E-state index contributed by atoms with van der Waals surface area (Å²) >= 11 is 1.47. The third-order valence-corrected chi connectivity index (χ3v) is 3.69. The minimum absolute atomic E-state index is 0.255. The smallest absolute Gasteiger partial charge is 0.442 e. The molecule has 0 spiro atoms. The zero-order chi connectivity index (χ0) is 14.7. The summed E-state index contributed by atoms with van der Waals surface area (Å²) < 4.78 is 24.4. The lowest BCUT2D eigenvalue weighted by Gasteiger charge is -2.06. The van der Waals surface area contributed by atoms with E-state index in [0.717, 1.165) is 4.88 Å². The van der Waals surface area contributed by atoms with E-state index in [4.69, 9.17) is 9.26 Å². The molecule has 0 aliphatic heterocycles. The van der Waals surface area contributed by atoms with Crippen LogP contribution in [0.3, 0.4) is 0 Å². The SMILES string of the molecule is O=c1onc(-c2cccs2)n1CCOc1ccc(F)cc1. The Morgan fingerprint density at radius 1 is 1.29 bits per heavy atom. The highest BCUT2D eigenvalue weighted by Gasteiger charge is 2.13. The second-order valence-corrected chi connectivity index (χ2v) is 5.15. The van der Waals surface area contributed by atoms with Crippen LogP contribution in [-0.4, -0.2) is 16.3 Å². The van der Waals surface area contributed by atoms with Crippen molar-refractivity contribution in [3.8, 4) is 16.5 Å². The van der Waals surface area contributed by atoms with Crippen LogP contribution in [-0.2, 0) is 6.54 Å². The normalized spacial score (nSPS) is 10.7. The van der Waals surface area contributed by atoms with Crippen molar-refractivity contribution in [3.05, 3.63) is 58.1 Å². The molecule has 7 heteroatoms. The van der Waals surface area contributed by atoms with Crippen molar-refractivity contribution in [1.82, 2.24) is 9.72 Å². The topological polar surface area (TPSA) is 57.3 Å². The molecular formula is C14H11FN2O3S. The van der Waals surface area contributed by atoms with E-state index < -0.39 is 5.76 Å². The Morgan fingerprint density at radius 3 is 2.81 bits per heavy atom. The van der Waals surface area contributed by atoms with E-state index in [-0.39, 0.29) is 12.4 Å². The molecule has 108 valence electrons. The van der Waals surface area contributed by atoms with Crippen LogP contribution in [0.1, 0.15) is 0 Å². The summed E-state index contributed by atoms with van der Waals surface area (Å²) in [7, 11) is 0. The summed E-state index contributed by atoms with van der Waals surface area (Å²) in [6.07, 6.45) is 0. The van der Waals surface area contributed by atoms with Gasteiger partial charge in [0.1, 0.15) is 18.2 Å². The molecule has 5 nitrogen and oxygen atoms in total. The first-order valence-electron chi connectivity index (χ1n) is 6.23. The van der Waals surface area contributed by atoms with Gasteiger partial charge < -0.3 is 4.74 Å². The van der Waals surface area contributed by atoms with E-state index in [9.17, 15) is 9.18 Å². The Kier molecular flexibility index (Phi) is 3.83. The van der Waals surface area contributed by atoms with Crippen molar-refractivity contribution in [3.63, 3.8) is 0 Å². The van der Waals surface area contributed by atoms with E-state index in [1.807, 2.05) is 17.5 Å². The monoisotopic (exact) mass is 306 g/mol. The van der Waals surface area contributed by atoms with Gasteiger partial charge in [-0.2, -0.15) is 0 Å². The number of thiophene rings is 1. The molecule has 2 heterocycles. The summed E-state index contributed by atoms with van der Waals surface area (Å²) in [4.78, 5) is 12.5. The van der Waals surface area contributed by atoms with E-state index in [0.29, 0.717) is 18.1 Å². The van der Waals surface area contributed by atoms with Gasteiger partial charge in [0.25, 0.3) is 0 Å². The molecule has 0 saturated heterocycles. The fourth-order valence-electron chi connectivity index (χ4n) is 1.83. The van der Waals surface area contributed by atoms with Gasteiger partial charge in [-0.05, 0) is 35.7 Å². The van der Waals surface area contributed by atoms with Gasteiger partial charge in [0.15, 0.2) is 5.82 Å². The predicted molar refractivity (Wildman–Crippen MR) is 76.0 cm³/mol. The number of aromatic nitrogens is 2. The molecule has 3 aromatic rings. The second-order valence-electron chi connectivity index (χ2n) is 4.20. The van der Waals surface area contributed by atoms with E-state index in [1.54, 1.807) is 0 Å². The van der Waals surface area contributed by atoms with Crippen molar-refractivity contribution in [2.45, 2.75) is 6.54 Å². The van der Waals surface area contributed by atoms with Crippen molar-refractivity contribution in [1.29, 1.82) is 0 Å². The van der Waals surface area contributed by atoms with Gasteiger partial charge in [-0.3, -0.25) is 9.09 Å². The maximum absolute atomic E-state index is 12.8. The Morgan fingerprint density at radius 2 is 2.10 bits per heavy atom. The lowest BCUT2D eigenvalue weighted by molar-refractivity contribution is 0.290. The zero-order valence-corrected chi connectivity index (χ0v) is 11.7. The molecule has 0 unspecified atom stereocenters. The van der Waals surface area contributed by atoms with Gasteiger partial charge in [-0.15, -0.1) is 11.3 Å². The standard InChI is InChI=1S/C14H11FN2O3S/c15-10-3-5-11(6-4-10)19-8-7-17-13(16-20-14(17)18)12-2-1-9-21-12/h1-6,9H,7-8H2. The lowest BCUT2D eigenvalue weighted by Crippen LogP contribution is -2.19. The van der Waals surface area contributed by atoms with E-state index in [2.05, 4.69) is 5.16 Å². The average Bonchev–Trinajstić information content (AvgIpc) is 3.12. The van der Waals surface area contributed by atoms with Crippen LogP contribution in [0.25, 0.3) is 10.7 Å². The third-order valence-electron chi connectivity index (χ3n) is 2.83. The van der Waals surface area contributed by atoms with Crippen LogP contribution in [0.4, 0.5) is 4.39 Å². The van der Waals surface area contributed by atoms with Gasteiger partial charge in [-0.1, -0.05) is 11.2 Å². The fraction of sp³-hybridized carbons (Fsp3) is 0.143. The molecule has 2 aromatic heterocycles. The van der Waals surface area contributed by atoms with Crippen molar-refractivity contribution >= 4 is 11.3 Å². The first-order chi connectivity index (χ1) is 10.2. The molecule has 1 aromatic carbocycles. The molecule has 0 bridgehead atoms. The number of nitrogens with zero attached hydrogens (tertiary/aromatic N) is 2. The predicted octanol–water partition coefficient (Wildman–Crippen LogP) is 2.78. The summed E-state index contributed by atoms with van der Waals surface area (Å²) in [5, 5.41) is 5.67. The molecule has 0 amide bonds. The Labute approximate surface area is 123 Å². The fourth-order valence-corrected chi connectivity index (χ4v) is 2.55. The largest absolute Gasteiger partial charge is 0.492 e. The number of halogens is 1. The Hall–Kier alpha value is -2.41. The summed E-state index contributed by atoms with van der Waals surface area (Å²) in [5.74, 6) is 0.176. The minimum atomic E-state index is -0.527. The number of ether oxygens (including phenoxy) is 1. The molecule has 0 aliphatic carbocycles. The van der Waals surface area contributed by atoms with E-state index in [1.165, 1.54) is 40.2 Å². The number of benzene rings is 1. The van der Waals surface area contributed by atoms with Crippen LogP contribution in [0.2, 0.25) is 0 Å². The lowest BCUT2D eigenvalue weighted by atomic mass is 10.3. The molecular weight excluding hydrogens is 295 g/mol. The molecule has 0 saturated carbocycles. The quantitative estimate of drug-likeness (QED) is 0.727. The summed E-state index contributed by atoms with van der Waals surface area (Å²) in [6.45, 7) is 0.554. The van der Waals surface area contributed by atoms with Crippen LogP contribution in [0.5, 0.6) is 5.75 Å². The highest BCUT2D eigenvalue weighted by molar-refractivity contribution is 7.13. The highest BCUT2D eigenvalue weighted by atomic mass is 32.1. The van der Waals surface area contributed by atoms with Crippen molar-refractivity contribution < 1.29 is 13.7 Å². The molecule has 0 atom stereocenters. The Balaban J connectivity index is 1.70. The summed E-state index contributed by atoms with van der Waals surface area (Å²) in [6, 6.07) is 9.44. The maximum Gasteiger partial charge on any atom is 0.442 e. The van der Waals surface area contributed by atoms with Gasteiger partial charge in [-0.25, -0.2) is 9.18 Å². The van der Waals surface area contributed by atoms with Crippen molar-refractivity contribution in [2.75, 3.05) is 6.61 Å². The first kappa shape index (κ1) is 13.6. The maximum atomic E-state index is 12.8. The number of hydrogen-bond acceptors (Lipinski definition) is 5. The molecule has 21 heavy (non-hydrogen) atoms. The van der Waals surface area contributed by atoms with Gasteiger partial charge in [0.05, 0.1) is 11.4 Å². The van der Waals surface area contributed by atoms with E-state index >= 15 is 0 Å². The second kappa shape index (κ2) is 5.92. The van der Waals surface area contributed by atoms with Crippen LogP contribution >= 0.6 is 11.3 Å². The third kappa shape index (κ3) is 3.03. The highest BCUT2D eigenvalue weighted by Crippen LogP contribution is 2.21. The number of hydrogen-bond donors (Lipinski definition) is 0. The van der Waals surface area contributed by atoms with Crippen LogP contribution in [0, 0.1) is 5.82 Å². The number of rotatable bonds is 5. The zero-order valence-electron chi connectivity index (χ0n) is 10.9. The van der Waals surface area contributed by atoms with Gasteiger partial charge >= 0.3 is 5.76 Å². The molecule has 0 fully saturated rings. The van der Waals surface area contributed by atoms with Gasteiger partial charge in [0.2, 0.25) is 0 Å². The first-order valence-corrected chi connectivity index (χ1v) is 7.11. The van der Waals surface area contributed by atoms with Crippen LogP contribution < -0.4 is 10.5 Å². The molecule has 0 aliphatic rings. The molecule has 3 rings (SSSR count). The average molecular weight is 306 g/mol. The molecule has 0 radical (unpaired) electrons. The minimum Gasteiger partial charge on any atom is -0.492 e. The van der Waals surface area contributed by atoms with Gasteiger partial charge in [0, 0.05) is 0 Å². The van der Waals surface area contributed by atoms with Crippen LogP contribution in [0.15, 0.2) is 51.1 Å². The Bertz CT molecular complexity index is 762. The summed E-state index contributed by atoms with van der Waals surface area (Å²) in [5.41, 5.74) is 0. The molecule has 0 N–H and O–H groups in total.